The van der Waals surface area contributed by atoms with Gasteiger partial charge >= 0.3 is 0 Å². The van der Waals surface area contributed by atoms with Crippen LogP contribution in [0.25, 0.3) is 16.7 Å². The van der Waals surface area contributed by atoms with Gasteiger partial charge in [0, 0.05) is 13.1 Å². The van der Waals surface area contributed by atoms with Gasteiger partial charge in [0.25, 0.3) is 5.56 Å². The lowest BCUT2D eigenvalue weighted by Crippen LogP contribution is -2.32. The van der Waals surface area contributed by atoms with Gasteiger partial charge in [0.2, 0.25) is 11.7 Å². The second kappa shape index (κ2) is 9.76. The maximum atomic E-state index is 13.0. The molecule has 0 N–H and O–H groups in total. The lowest BCUT2D eigenvalue weighted by atomic mass is 10.1. The highest BCUT2D eigenvalue weighted by Gasteiger charge is 2.19. The van der Waals surface area contributed by atoms with Crippen LogP contribution in [0.5, 0.6) is 0 Å². The number of terminal acetylenes is 1. The summed E-state index contributed by atoms with van der Waals surface area (Å²) in [6, 6.07) is 15.3. The van der Waals surface area contributed by atoms with Gasteiger partial charge in [-0.3, -0.25) is 18.6 Å². The van der Waals surface area contributed by atoms with Crippen molar-refractivity contribution < 1.29 is 4.79 Å². The van der Waals surface area contributed by atoms with Crippen LogP contribution in [0.3, 0.4) is 0 Å². The number of aryl methyl sites for hydroxylation is 1. The zero-order chi connectivity index (χ0) is 23.4. The number of thioether (sulfide) groups is 1. The Balaban J connectivity index is 1.63. The number of rotatable bonds is 8. The first-order chi connectivity index (χ1) is 16.0. The lowest BCUT2D eigenvalue weighted by Gasteiger charge is -2.20. The molecule has 0 atom stereocenters. The molecular weight excluding hydrogens is 434 g/mol. The van der Waals surface area contributed by atoms with E-state index >= 15 is 0 Å². The summed E-state index contributed by atoms with van der Waals surface area (Å²) in [7, 11) is 0. The van der Waals surface area contributed by atoms with Crippen LogP contribution >= 0.6 is 11.8 Å². The molecule has 166 valence electrons. The van der Waals surface area contributed by atoms with E-state index in [0.29, 0.717) is 34.9 Å². The van der Waals surface area contributed by atoms with Crippen molar-refractivity contribution in [2.24, 2.45) is 0 Å². The number of hydrogen-bond donors (Lipinski definition) is 0. The number of benzene rings is 2. The molecule has 7 nitrogen and oxygen atoms in total. The molecule has 33 heavy (non-hydrogen) atoms. The molecule has 1 amide bonds. The van der Waals surface area contributed by atoms with Gasteiger partial charge in [-0.1, -0.05) is 65.7 Å². The Morgan fingerprint density at radius 2 is 1.97 bits per heavy atom. The number of para-hydroxylation sites is 1. The minimum atomic E-state index is -0.156. The molecule has 0 aliphatic carbocycles. The first-order valence-corrected chi connectivity index (χ1v) is 11.4. The molecule has 0 aliphatic rings. The van der Waals surface area contributed by atoms with Crippen LogP contribution < -0.4 is 5.56 Å². The highest BCUT2D eigenvalue weighted by atomic mass is 32.2. The zero-order valence-electron chi connectivity index (χ0n) is 18.3. The molecule has 0 saturated carbocycles. The summed E-state index contributed by atoms with van der Waals surface area (Å²) >= 11 is 1.27. The topological polar surface area (TPSA) is 72.5 Å². The van der Waals surface area contributed by atoms with Crippen LogP contribution in [0, 0.1) is 19.3 Å². The Morgan fingerprint density at radius 1 is 1.21 bits per heavy atom. The van der Waals surface area contributed by atoms with Crippen LogP contribution in [-0.4, -0.2) is 42.3 Å². The van der Waals surface area contributed by atoms with Crippen LogP contribution in [0.15, 0.2) is 71.1 Å². The van der Waals surface area contributed by atoms with E-state index in [-0.39, 0.29) is 23.8 Å². The first-order valence-electron chi connectivity index (χ1n) is 10.4. The number of hydrogen-bond acceptors (Lipinski definition) is 5. The maximum Gasteiger partial charge on any atom is 0.263 e. The van der Waals surface area contributed by atoms with E-state index < -0.39 is 0 Å². The standard InChI is InChI=1S/C25H23N5O2S/c1-4-14-28(16-19-12-10-18(3)11-13-19)22(31)17-33-25-27-26-24-29(15-5-2)23(32)20-8-6-7-9-21(20)30(24)25/h1,5-13H,2,14-17H2,3H3. The Hall–Kier alpha value is -3.83. The summed E-state index contributed by atoms with van der Waals surface area (Å²) in [5, 5.41) is 9.58. The van der Waals surface area contributed by atoms with Crippen LogP contribution in [-0.2, 0) is 17.9 Å². The van der Waals surface area contributed by atoms with Gasteiger partial charge in [0.1, 0.15) is 0 Å². The molecule has 0 fully saturated rings. The predicted octanol–water partition coefficient (Wildman–Crippen LogP) is 3.29. The molecule has 8 heteroatoms. The zero-order valence-corrected chi connectivity index (χ0v) is 19.1. The van der Waals surface area contributed by atoms with Crippen LogP contribution in [0.4, 0.5) is 0 Å². The number of nitrogens with zero attached hydrogens (tertiary/aromatic N) is 5. The van der Waals surface area contributed by atoms with Crippen molar-refractivity contribution in [3.05, 3.63) is 82.7 Å². The van der Waals surface area contributed by atoms with E-state index in [1.807, 2.05) is 53.8 Å². The third-order valence-electron chi connectivity index (χ3n) is 5.24. The third-order valence-corrected chi connectivity index (χ3v) is 6.16. The number of carbonyl (C=O) groups excluding carboxylic acids is 1. The lowest BCUT2D eigenvalue weighted by molar-refractivity contribution is -0.128. The molecule has 2 heterocycles. The molecule has 0 aliphatic heterocycles. The second-order valence-electron chi connectivity index (χ2n) is 7.57. The summed E-state index contributed by atoms with van der Waals surface area (Å²) in [5.41, 5.74) is 2.71. The van der Waals surface area contributed by atoms with E-state index in [0.717, 1.165) is 11.1 Å². The molecule has 2 aromatic heterocycles. The van der Waals surface area contributed by atoms with Crippen molar-refractivity contribution in [3.63, 3.8) is 0 Å². The highest BCUT2D eigenvalue weighted by molar-refractivity contribution is 7.99. The summed E-state index contributed by atoms with van der Waals surface area (Å²) in [6.07, 6.45) is 7.16. The van der Waals surface area contributed by atoms with Crippen molar-refractivity contribution in [1.29, 1.82) is 0 Å². The largest absolute Gasteiger partial charge is 0.327 e. The van der Waals surface area contributed by atoms with Gasteiger partial charge in [-0.2, -0.15) is 0 Å². The molecule has 4 rings (SSSR count). The molecule has 0 unspecified atom stereocenters. The van der Waals surface area contributed by atoms with Crippen molar-refractivity contribution in [2.75, 3.05) is 12.3 Å². The van der Waals surface area contributed by atoms with Crippen LogP contribution in [0.2, 0.25) is 0 Å². The SMILES string of the molecule is C#CCN(Cc1ccc(C)cc1)C(=O)CSc1nnc2n(CC=C)c(=O)c3ccccc3n12. The fourth-order valence-corrected chi connectivity index (χ4v) is 4.44. The van der Waals surface area contributed by atoms with Crippen molar-refractivity contribution >= 4 is 34.3 Å². The van der Waals surface area contributed by atoms with E-state index in [4.69, 9.17) is 6.42 Å². The van der Waals surface area contributed by atoms with Gasteiger partial charge in [-0.05, 0) is 24.6 Å². The van der Waals surface area contributed by atoms with Gasteiger partial charge in [0.15, 0.2) is 5.16 Å². The Morgan fingerprint density at radius 3 is 2.70 bits per heavy atom. The Labute approximate surface area is 195 Å². The van der Waals surface area contributed by atoms with Gasteiger partial charge < -0.3 is 4.90 Å². The van der Waals surface area contributed by atoms with Crippen molar-refractivity contribution in [2.45, 2.75) is 25.2 Å². The second-order valence-corrected chi connectivity index (χ2v) is 8.51. The summed E-state index contributed by atoms with van der Waals surface area (Å²) in [6.45, 7) is 6.72. The predicted molar refractivity (Wildman–Crippen MR) is 131 cm³/mol. The minimum Gasteiger partial charge on any atom is -0.327 e. The molecule has 0 radical (unpaired) electrons. The average molecular weight is 458 g/mol. The van der Waals surface area contributed by atoms with Crippen LogP contribution in [0.1, 0.15) is 11.1 Å². The summed E-state index contributed by atoms with van der Waals surface area (Å²) < 4.78 is 3.33. The number of allylic oxidation sites excluding steroid dienone is 1. The molecule has 0 bridgehead atoms. The fraction of sp³-hybridized carbons (Fsp3) is 0.200. The Bertz CT molecular complexity index is 1430. The number of carbonyl (C=O) groups is 1. The molecule has 2 aromatic carbocycles. The van der Waals surface area contributed by atoms with Crippen molar-refractivity contribution in [1.82, 2.24) is 24.1 Å². The average Bonchev–Trinajstić information content (AvgIpc) is 3.25. The monoisotopic (exact) mass is 457 g/mol. The van der Waals surface area contributed by atoms with Crippen molar-refractivity contribution in [3.8, 4) is 12.3 Å². The number of aromatic nitrogens is 4. The number of fused-ring (bicyclic) bond motifs is 3. The smallest absolute Gasteiger partial charge is 0.263 e. The summed E-state index contributed by atoms with van der Waals surface area (Å²) in [4.78, 5) is 27.6. The normalized spacial score (nSPS) is 10.9. The van der Waals surface area contributed by atoms with Gasteiger partial charge in [-0.15, -0.1) is 23.2 Å². The highest BCUT2D eigenvalue weighted by Crippen LogP contribution is 2.22. The minimum absolute atomic E-state index is 0.0982. The third kappa shape index (κ3) is 4.54. The maximum absolute atomic E-state index is 13.0. The van der Waals surface area contributed by atoms with E-state index in [2.05, 4.69) is 22.7 Å². The first kappa shape index (κ1) is 22.4. The number of amides is 1. The van der Waals surface area contributed by atoms with E-state index in [1.165, 1.54) is 16.3 Å². The molecule has 0 saturated heterocycles. The molecular formula is C25H23N5O2S. The van der Waals surface area contributed by atoms with Gasteiger partial charge in [0.05, 0.1) is 23.2 Å². The Kier molecular flexibility index (Phi) is 6.61. The fourth-order valence-electron chi connectivity index (χ4n) is 3.59. The van der Waals surface area contributed by atoms with E-state index in [1.54, 1.807) is 17.0 Å². The molecule has 0 spiro atoms. The molecule has 4 aromatic rings. The van der Waals surface area contributed by atoms with E-state index in [9.17, 15) is 9.59 Å². The quantitative estimate of drug-likeness (QED) is 0.231. The van der Waals surface area contributed by atoms with Gasteiger partial charge in [-0.25, -0.2) is 0 Å². The summed E-state index contributed by atoms with van der Waals surface area (Å²) in [5.74, 6) is 3.03.